The van der Waals surface area contributed by atoms with Crippen LogP contribution in [-0.4, -0.2) is 39.5 Å². The third kappa shape index (κ3) is 4.32. The fourth-order valence-corrected chi connectivity index (χ4v) is 3.39. The second kappa shape index (κ2) is 7.45. The van der Waals surface area contributed by atoms with E-state index in [-0.39, 0.29) is 18.3 Å². The number of sulfone groups is 1. The van der Waals surface area contributed by atoms with Crippen molar-refractivity contribution < 1.29 is 21.6 Å². The van der Waals surface area contributed by atoms with Crippen LogP contribution in [0.15, 0.2) is 59.5 Å². The molecule has 1 atom stereocenters. The SMILES string of the molecule is CN(C)C(CNc1ccccc1S(=O)(=O)C(F)(F)F)c1ccccc1. The van der Waals surface area contributed by atoms with E-state index in [1.807, 2.05) is 49.3 Å². The number of rotatable bonds is 6. The van der Waals surface area contributed by atoms with E-state index in [0.717, 1.165) is 11.6 Å². The van der Waals surface area contributed by atoms with Crippen LogP contribution in [0.25, 0.3) is 0 Å². The monoisotopic (exact) mass is 372 g/mol. The Morgan fingerprint density at radius 3 is 2.12 bits per heavy atom. The Morgan fingerprint density at radius 1 is 1.00 bits per heavy atom. The van der Waals surface area contributed by atoms with Crippen LogP contribution in [0.4, 0.5) is 18.9 Å². The van der Waals surface area contributed by atoms with Gasteiger partial charge in [-0.25, -0.2) is 8.42 Å². The van der Waals surface area contributed by atoms with E-state index >= 15 is 0 Å². The first-order valence-corrected chi connectivity index (χ1v) is 8.98. The Kier molecular flexibility index (Phi) is 5.74. The number of nitrogens with zero attached hydrogens (tertiary/aromatic N) is 1. The molecule has 0 radical (unpaired) electrons. The molecule has 8 heteroatoms. The highest BCUT2D eigenvalue weighted by molar-refractivity contribution is 7.92. The van der Waals surface area contributed by atoms with Gasteiger partial charge in [-0.2, -0.15) is 13.2 Å². The van der Waals surface area contributed by atoms with Crippen molar-refractivity contribution in [2.24, 2.45) is 0 Å². The van der Waals surface area contributed by atoms with Gasteiger partial charge in [0.25, 0.3) is 9.84 Å². The molecule has 1 N–H and O–H groups in total. The van der Waals surface area contributed by atoms with Gasteiger partial charge in [-0.1, -0.05) is 42.5 Å². The minimum Gasteiger partial charge on any atom is -0.382 e. The number of alkyl halides is 3. The lowest BCUT2D eigenvalue weighted by Gasteiger charge is -2.26. The lowest BCUT2D eigenvalue weighted by molar-refractivity contribution is -0.0435. The van der Waals surface area contributed by atoms with E-state index in [0.29, 0.717) is 0 Å². The average molecular weight is 372 g/mol. The van der Waals surface area contributed by atoms with Crippen LogP contribution in [0.5, 0.6) is 0 Å². The van der Waals surface area contributed by atoms with Crippen molar-refractivity contribution in [1.82, 2.24) is 4.90 Å². The zero-order chi connectivity index (χ0) is 18.7. The molecule has 25 heavy (non-hydrogen) atoms. The first-order chi connectivity index (χ1) is 11.6. The molecule has 0 aliphatic rings. The third-order valence-electron chi connectivity index (χ3n) is 3.77. The van der Waals surface area contributed by atoms with Gasteiger partial charge in [-0.15, -0.1) is 0 Å². The maximum Gasteiger partial charge on any atom is 0.501 e. The van der Waals surface area contributed by atoms with E-state index in [4.69, 9.17) is 0 Å². The first-order valence-electron chi connectivity index (χ1n) is 7.50. The molecule has 0 bridgehead atoms. The first kappa shape index (κ1) is 19.3. The second-order valence-corrected chi connectivity index (χ2v) is 7.63. The Morgan fingerprint density at radius 2 is 1.56 bits per heavy atom. The van der Waals surface area contributed by atoms with Crippen molar-refractivity contribution in [3.05, 3.63) is 60.2 Å². The highest BCUT2D eigenvalue weighted by Gasteiger charge is 2.47. The number of hydrogen-bond acceptors (Lipinski definition) is 4. The lowest BCUT2D eigenvalue weighted by atomic mass is 10.1. The summed E-state index contributed by atoms with van der Waals surface area (Å²) in [5.41, 5.74) is -4.44. The van der Waals surface area contributed by atoms with Crippen LogP contribution in [0.1, 0.15) is 11.6 Å². The van der Waals surface area contributed by atoms with Crippen LogP contribution in [0.3, 0.4) is 0 Å². The number of hydrogen-bond donors (Lipinski definition) is 1. The van der Waals surface area contributed by atoms with Gasteiger partial charge < -0.3 is 10.2 Å². The predicted molar refractivity (Wildman–Crippen MR) is 91.0 cm³/mol. The molecule has 0 aliphatic heterocycles. The summed E-state index contributed by atoms with van der Waals surface area (Å²) >= 11 is 0. The fourth-order valence-electron chi connectivity index (χ4n) is 2.45. The van der Waals surface area contributed by atoms with Crippen molar-refractivity contribution >= 4 is 15.5 Å². The molecule has 0 spiro atoms. The molecule has 0 aromatic heterocycles. The topological polar surface area (TPSA) is 49.4 Å². The smallest absolute Gasteiger partial charge is 0.382 e. The van der Waals surface area contributed by atoms with Crippen LogP contribution in [-0.2, 0) is 9.84 Å². The van der Waals surface area contributed by atoms with Crippen molar-refractivity contribution in [3.63, 3.8) is 0 Å². The minimum absolute atomic E-state index is 0.0670. The standard InChI is InChI=1S/C17H19F3N2O2S/c1-22(2)15(13-8-4-3-5-9-13)12-21-14-10-6-7-11-16(14)25(23,24)17(18,19)20/h3-11,15,21H,12H2,1-2H3. The van der Waals surface area contributed by atoms with Gasteiger partial charge in [0.2, 0.25) is 0 Å². The number of anilines is 1. The molecule has 2 aromatic carbocycles. The number of para-hydroxylation sites is 1. The van der Waals surface area contributed by atoms with E-state index in [9.17, 15) is 21.6 Å². The predicted octanol–water partition coefficient (Wildman–Crippen LogP) is 3.69. The van der Waals surface area contributed by atoms with Crippen LogP contribution < -0.4 is 5.32 Å². The van der Waals surface area contributed by atoms with Crippen LogP contribution in [0, 0.1) is 0 Å². The van der Waals surface area contributed by atoms with Crippen molar-refractivity contribution in [3.8, 4) is 0 Å². The molecule has 2 rings (SSSR count). The quantitative estimate of drug-likeness (QED) is 0.840. The average Bonchev–Trinajstić information content (AvgIpc) is 2.55. The number of nitrogens with one attached hydrogen (secondary N) is 1. The van der Waals surface area contributed by atoms with E-state index < -0.39 is 20.2 Å². The molecule has 0 aliphatic carbocycles. The van der Waals surface area contributed by atoms with Gasteiger partial charge >= 0.3 is 5.51 Å². The fraction of sp³-hybridized carbons (Fsp3) is 0.294. The summed E-state index contributed by atoms with van der Waals surface area (Å²) in [4.78, 5) is 1.14. The summed E-state index contributed by atoms with van der Waals surface area (Å²) in [5.74, 6) is 0. The third-order valence-corrected chi connectivity index (χ3v) is 5.32. The van der Waals surface area contributed by atoms with Gasteiger partial charge in [0, 0.05) is 6.54 Å². The summed E-state index contributed by atoms with van der Waals surface area (Å²) in [7, 11) is -1.73. The molecule has 0 saturated heterocycles. The number of benzene rings is 2. The lowest BCUT2D eigenvalue weighted by Crippen LogP contribution is -2.28. The zero-order valence-corrected chi connectivity index (χ0v) is 14.6. The summed E-state index contributed by atoms with van der Waals surface area (Å²) < 4.78 is 62.1. The summed E-state index contributed by atoms with van der Waals surface area (Å²) in [6.07, 6.45) is 0. The largest absolute Gasteiger partial charge is 0.501 e. The molecular formula is C17H19F3N2O2S. The summed E-state index contributed by atoms with van der Waals surface area (Å²) in [6.45, 7) is 0.251. The van der Waals surface area contributed by atoms with Gasteiger partial charge in [-0.3, -0.25) is 0 Å². The molecule has 136 valence electrons. The second-order valence-electron chi connectivity index (χ2n) is 5.72. The molecule has 0 fully saturated rings. The molecule has 0 amide bonds. The molecule has 2 aromatic rings. The van der Waals surface area contributed by atoms with Gasteiger partial charge in [0.15, 0.2) is 0 Å². The Labute approximate surface area is 145 Å². The van der Waals surface area contributed by atoms with Gasteiger partial charge in [0.1, 0.15) is 0 Å². The molecule has 1 unspecified atom stereocenters. The van der Waals surface area contributed by atoms with Crippen molar-refractivity contribution in [2.75, 3.05) is 26.0 Å². The minimum atomic E-state index is -5.42. The maximum atomic E-state index is 12.9. The molecule has 4 nitrogen and oxygen atoms in total. The maximum absolute atomic E-state index is 12.9. The zero-order valence-electron chi connectivity index (χ0n) is 13.8. The summed E-state index contributed by atoms with van der Waals surface area (Å²) in [6, 6.07) is 14.3. The Bertz CT molecular complexity index is 806. The summed E-state index contributed by atoms with van der Waals surface area (Å²) in [5, 5.41) is 2.85. The van der Waals surface area contributed by atoms with Crippen LogP contribution >= 0.6 is 0 Å². The molecular weight excluding hydrogens is 353 g/mol. The van der Waals surface area contributed by atoms with Crippen molar-refractivity contribution in [2.45, 2.75) is 16.4 Å². The highest BCUT2D eigenvalue weighted by Crippen LogP contribution is 2.34. The normalized spacial score (nSPS) is 13.7. The van der Waals surface area contributed by atoms with E-state index in [1.54, 1.807) is 0 Å². The van der Waals surface area contributed by atoms with E-state index in [1.165, 1.54) is 18.2 Å². The number of halogens is 3. The van der Waals surface area contributed by atoms with Gasteiger partial charge in [0.05, 0.1) is 16.6 Å². The number of likely N-dealkylation sites (N-methyl/N-ethyl adjacent to an activating group) is 1. The molecule has 0 heterocycles. The Balaban J connectivity index is 2.30. The highest BCUT2D eigenvalue weighted by atomic mass is 32.2. The molecule has 0 saturated carbocycles. The van der Waals surface area contributed by atoms with Crippen LogP contribution in [0.2, 0.25) is 0 Å². The van der Waals surface area contributed by atoms with Crippen molar-refractivity contribution in [1.29, 1.82) is 0 Å². The van der Waals surface area contributed by atoms with E-state index in [2.05, 4.69) is 5.32 Å². The van der Waals surface area contributed by atoms with Gasteiger partial charge in [-0.05, 0) is 31.8 Å². The Hall–Kier alpha value is -2.06.